The van der Waals surface area contributed by atoms with Crippen molar-refractivity contribution in [2.75, 3.05) is 6.61 Å². The van der Waals surface area contributed by atoms with Crippen molar-refractivity contribution in [2.45, 2.75) is 51.1 Å². The predicted molar refractivity (Wildman–Crippen MR) is 70.0 cm³/mol. The molecule has 1 aliphatic rings. The van der Waals surface area contributed by atoms with Crippen LogP contribution in [0.5, 0.6) is 0 Å². The Bertz CT molecular complexity index is 359. The van der Waals surface area contributed by atoms with E-state index in [1.807, 2.05) is 0 Å². The van der Waals surface area contributed by atoms with Gasteiger partial charge in [-0.3, -0.25) is 0 Å². The summed E-state index contributed by atoms with van der Waals surface area (Å²) in [6.45, 7) is 6.24. The van der Waals surface area contributed by atoms with E-state index >= 15 is 0 Å². The van der Waals surface area contributed by atoms with Crippen LogP contribution in [0.15, 0.2) is 0 Å². The molecule has 1 fully saturated rings. The SMILES string of the molecule is CC(C)Cn1c(CBr)nnc1C1CCCCO1. The zero-order valence-corrected chi connectivity index (χ0v) is 12.1. The molecule has 1 aromatic heterocycles. The molecule has 0 aliphatic carbocycles. The molecule has 1 aliphatic heterocycles. The van der Waals surface area contributed by atoms with Crippen molar-refractivity contribution >= 4 is 15.9 Å². The van der Waals surface area contributed by atoms with Crippen LogP contribution in [0.3, 0.4) is 0 Å². The highest BCUT2D eigenvalue weighted by molar-refractivity contribution is 9.08. The van der Waals surface area contributed by atoms with E-state index in [-0.39, 0.29) is 6.10 Å². The third-order valence-corrected chi connectivity index (χ3v) is 3.49. The number of alkyl halides is 1. The van der Waals surface area contributed by atoms with E-state index in [9.17, 15) is 0 Å². The van der Waals surface area contributed by atoms with Gasteiger partial charge in [0.2, 0.25) is 0 Å². The Labute approximate surface area is 111 Å². The van der Waals surface area contributed by atoms with Crippen LogP contribution in [0.4, 0.5) is 0 Å². The number of ether oxygens (including phenoxy) is 1. The van der Waals surface area contributed by atoms with Crippen LogP contribution in [0, 0.1) is 5.92 Å². The molecular formula is C12H20BrN3O. The highest BCUT2D eigenvalue weighted by Gasteiger charge is 2.23. The second-order valence-electron chi connectivity index (χ2n) is 4.97. The molecule has 0 aromatic carbocycles. The van der Waals surface area contributed by atoms with Gasteiger partial charge in [0.15, 0.2) is 5.82 Å². The molecule has 0 bridgehead atoms. The molecule has 0 N–H and O–H groups in total. The fourth-order valence-corrected chi connectivity index (χ4v) is 2.61. The van der Waals surface area contributed by atoms with Crippen LogP contribution in [0.2, 0.25) is 0 Å². The lowest BCUT2D eigenvalue weighted by molar-refractivity contribution is 0.00675. The minimum absolute atomic E-state index is 0.141. The second-order valence-corrected chi connectivity index (χ2v) is 5.53. The lowest BCUT2D eigenvalue weighted by Crippen LogP contribution is -2.19. The normalized spacial score (nSPS) is 21.1. The topological polar surface area (TPSA) is 39.9 Å². The number of nitrogens with zero attached hydrogens (tertiary/aromatic N) is 3. The van der Waals surface area contributed by atoms with E-state index < -0.39 is 0 Å². The van der Waals surface area contributed by atoms with E-state index in [0.29, 0.717) is 5.92 Å². The van der Waals surface area contributed by atoms with Gasteiger partial charge in [-0.05, 0) is 25.2 Å². The van der Waals surface area contributed by atoms with Gasteiger partial charge < -0.3 is 9.30 Å². The Balaban J connectivity index is 2.22. The molecule has 2 rings (SSSR count). The standard InChI is InChI=1S/C12H20BrN3O/c1-9(2)8-16-11(7-13)14-15-12(16)10-5-3-4-6-17-10/h9-10H,3-8H2,1-2H3. The monoisotopic (exact) mass is 301 g/mol. The van der Waals surface area contributed by atoms with Crippen molar-refractivity contribution in [2.24, 2.45) is 5.92 Å². The average Bonchev–Trinajstić information content (AvgIpc) is 2.72. The maximum Gasteiger partial charge on any atom is 0.162 e. The summed E-state index contributed by atoms with van der Waals surface area (Å²) in [6, 6.07) is 0. The van der Waals surface area contributed by atoms with Crippen molar-refractivity contribution in [3.63, 3.8) is 0 Å². The number of halogens is 1. The van der Waals surface area contributed by atoms with E-state index in [4.69, 9.17) is 4.74 Å². The first-order valence-corrected chi connectivity index (χ1v) is 7.44. The van der Waals surface area contributed by atoms with E-state index in [2.05, 4.69) is 44.5 Å². The highest BCUT2D eigenvalue weighted by atomic mass is 79.9. The van der Waals surface area contributed by atoms with Crippen LogP contribution in [-0.2, 0) is 16.6 Å². The summed E-state index contributed by atoms with van der Waals surface area (Å²) in [5.74, 6) is 2.60. The summed E-state index contributed by atoms with van der Waals surface area (Å²) in [7, 11) is 0. The predicted octanol–water partition coefficient (Wildman–Crippen LogP) is 3.07. The van der Waals surface area contributed by atoms with E-state index in [1.54, 1.807) is 0 Å². The lowest BCUT2D eigenvalue weighted by Gasteiger charge is -2.23. The van der Waals surface area contributed by atoms with Crippen LogP contribution in [-0.4, -0.2) is 21.4 Å². The van der Waals surface area contributed by atoms with Gasteiger partial charge in [0.1, 0.15) is 11.9 Å². The first kappa shape index (κ1) is 13.0. The zero-order valence-electron chi connectivity index (χ0n) is 10.5. The smallest absolute Gasteiger partial charge is 0.162 e. The number of rotatable bonds is 4. The fraction of sp³-hybridized carbons (Fsp3) is 0.833. The first-order chi connectivity index (χ1) is 8.22. The minimum Gasteiger partial charge on any atom is -0.370 e. The van der Waals surface area contributed by atoms with Gasteiger partial charge >= 0.3 is 0 Å². The highest BCUT2D eigenvalue weighted by Crippen LogP contribution is 2.27. The summed E-state index contributed by atoms with van der Waals surface area (Å²) in [5, 5.41) is 9.32. The molecule has 1 saturated heterocycles. The Morgan fingerprint density at radius 3 is 2.82 bits per heavy atom. The van der Waals surface area contributed by atoms with Crippen molar-refractivity contribution in [3.05, 3.63) is 11.6 Å². The molecule has 0 amide bonds. The average molecular weight is 302 g/mol. The first-order valence-electron chi connectivity index (χ1n) is 6.32. The van der Waals surface area contributed by atoms with Crippen LogP contribution in [0.25, 0.3) is 0 Å². The van der Waals surface area contributed by atoms with Crippen molar-refractivity contribution in [3.8, 4) is 0 Å². The van der Waals surface area contributed by atoms with Crippen LogP contribution in [0.1, 0.15) is 50.9 Å². The van der Waals surface area contributed by atoms with Crippen LogP contribution >= 0.6 is 15.9 Å². The number of aromatic nitrogens is 3. The fourth-order valence-electron chi connectivity index (χ4n) is 2.19. The molecule has 17 heavy (non-hydrogen) atoms. The molecule has 5 heteroatoms. The van der Waals surface area contributed by atoms with Gasteiger partial charge in [0.05, 0.1) is 5.33 Å². The third kappa shape index (κ3) is 3.07. The van der Waals surface area contributed by atoms with Crippen molar-refractivity contribution in [1.82, 2.24) is 14.8 Å². The minimum atomic E-state index is 0.141. The van der Waals surface area contributed by atoms with Gasteiger partial charge in [-0.25, -0.2) is 0 Å². The van der Waals surface area contributed by atoms with Crippen LogP contribution < -0.4 is 0 Å². The Kier molecular flexibility index (Phi) is 4.56. The molecule has 0 saturated carbocycles. The molecule has 1 atom stereocenters. The van der Waals surface area contributed by atoms with Gasteiger partial charge in [-0.1, -0.05) is 29.8 Å². The molecular weight excluding hydrogens is 282 g/mol. The van der Waals surface area contributed by atoms with Gasteiger partial charge in [0.25, 0.3) is 0 Å². The molecule has 2 heterocycles. The van der Waals surface area contributed by atoms with Gasteiger partial charge in [-0.2, -0.15) is 0 Å². The molecule has 96 valence electrons. The lowest BCUT2D eigenvalue weighted by atomic mass is 10.1. The van der Waals surface area contributed by atoms with Crippen molar-refractivity contribution < 1.29 is 4.74 Å². The Morgan fingerprint density at radius 2 is 2.24 bits per heavy atom. The molecule has 4 nitrogen and oxygen atoms in total. The zero-order chi connectivity index (χ0) is 12.3. The van der Waals surface area contributed by atoms with Gasteiger partial charge in [-0.15, -0.1) is 10.2 Å². The maximum atomic E-state index is 5.81. The van der Waals surface area contributed by atoms with Gasteiger partial charge in [0, 0.05) is 13.2 Å². The molecule has 1 unspecified atom stereocenters. The van der Waals surface area contributed by atoms with E-state index in [1.165, 1.54) is 12.8 Å². The molecule has 0 radical (unpaired) electrons. The third-order valence-electron chi connectivity index (χ3n) is 2.99. The quantitative estimate of drug-likeness (QED) is 0.803. The maximum absolute atomic E-state index is 5.81. The summed E-state index contributed by atoms with van der Waals surface area (Å²) in [5.41, 5.74) is 0. The summed E-state index contributed by atoms with van der Waals surface area (Å²) in [6.07, 6.45) is 3.60. The largest absolute Gasteiger partial charge is 0.370 e. The molecule has 0 spiro atoms. The number of hydrogen-bond acceptors (Lipinski definition) is 3. The van der Waals surface area contributed by atoms with E-state index in [0.717, 1.165) is 36.6 Å². The number of hydrogen-bond donors (Lipinski definition) is 0. The Hall–Kier alpha value is -0.420. The molecule has 1 aromatic rings. The summed E-state index contributed by atoms with van der Waals surface area (Å²) in [4.78, 5) is 0. The van der Waals surface area contributed by atoms with Crippen molar-refractivity contribution in [1.29, 1.82) is 0 Å². The summed E-state index contributed by atoms with van der Waals surface area (Å²) < 4.78 is 8.02. The summed E-state index contributed by atoms with van der Waals surface area (Å²) >= 11 is 3.47. The second kappa shape index (κ2) is 5.96. The Morgan fingerprint density at radius 1 is 1.41 bits per heavy atom.